The fraction of sp³-hybridized carbons (Fsp3) is 0.154. The first-order chi connectivity index (χ1) is 15.6. The van der Waals surface area contributed by atoms with Crippen molar-refractivity contribution in [2.75, 3.05) is 5.32 Å². The molecule has 0 spiro atoms. The predicted octanol–water partition coefficient (Wildman–Crippen LogP) is 7.75. The van der Waals surface area contributed by atoms with Crippen molar-refractivity contribution in [3.8, 4) is 11.3 Å². The number of nitrogens with one attached hydrogen (secondary N) is 1. The molecule has 3 nitrogen and oxygen atoms in total. The number of rotatable bonds is 3. The molecule has 4 rings (SSSR count). The summed E-state index contributed by atoms with van der Waals surface area (Å²) < 4.78 is 40.5. The third-order valence-electron chi connectivity index (χ3n) is 5.47. The van der Waals surface area contributed by atoms with E-state index in [-0.39, 0.29) is 11.3 Å². The number of anilines is 1. The molecular formula is C26H20ClF3N2O. The third-order valence-corrected chi connectivity index (χ3v) is 5.71. The van der Waals surface area contributed by atoms with E-state index in [0.29, 0.717) is 32.7 Å². The van der Waals surface area contributed by atoms with E-state index in [0.717, 1.165) is 17.2 Å². The molecule has 1 amide bonds. The lowest BCUT2D eigenvalue weighted by Gasteiger charge is -2.18. The Labute approximate surface area is 194 Å². The molecule has 3 aromatic carbocycles. The number of aromatic nitrogens is 1. The molecule has 1 aromatic heterocycles. The number of amides is 1. The number of para-hydroxylation sites is 1. The molecule has 0 radical (unpaired) electrons. The van der Waals surface area contributed by atoms with Crippen molar-refractivity contribution in [1.82, 2.24) is 4.98 Å². The number of aryl methyl sites for hydroxylation is 2. The smallest absolute Gasteiger partial charge is 0.321 e. The van der Waals surface area contributed by atoms with E-state index in [2.05, 4.69) is 5.32 Å². The summed E-state index contributed by atoms with van der Waals surface area (Å²) in [5, 5.41) is 3.58. The summed E-state index contributed by atoms with van der Waals surface area (Å²) in [6.07, 6.45) is -4.60. The van der Waals surface area contributed by atoms with Gasteiger partial charge in [-0.3, -0.25) is 4.79 Å². The highest BCUT2D eigenvalue weighted by Crippen LogP contribution is 2.36. The lowest BCUT2D eigenvalue weighted by Crippen LogP contribution is -2.18. The number of carbonyl (C=O) groups excluding carboxylic acids is 1. The van der Waals surface area contributed by atoms with Gasteiger partial charge < -0.3 is 5.32 Å². The first-order valence-corrected chi connectivity index (χ1v) is 10.6. The summed E-state index contributed by atoms with van der Waals surface area (Å²) in [4.78, 5) is 18.3. The maximum absolute atomic E-state index is 13.5. The summed E-state index contributed by atoms with van der Waals surface area (Å²) in [7, 11) is 0. The summed E-state index contributed by atoms with van der Waals surface area (Å²) >= 11 is 6.17. The average Bonchev–Trinajstić information content (AvgIpc) is 2.72. The van der Waals surface area contributed by atoms with Gasteiger partial charge in [-0.05, 0) is 62.2 Å². The molecule has 0 aliphatic carbocycles. The van der Waals surface area contributed by atoms with Crippen molar-refractivity contribution in [1.29, 1.82) is 0 Å². The highest BCUT2D eigenvalue weighted by Gasteiger charge is 2.34. The van der Waals surface area contributed by atoms with Crippen molar-refractivity contribution in [3.05, 3.63) is 93.5 Å². The molecule has 0 aliphatic rings. The van der Waals surface area contributed by atoms with Crippen LogP contribution in [-0.4, -0.2) is 10.9 Å². The van der Waals surface area contributed by atoms with Crippen LogP contribution in [0.2, 0.25) is 5.02 Å². The molecule has 33 heavy (non-hydrogen) atoms. The Balaban J connectivity index is 1.95. The van der Waals surface area contributed by atoms with Gasteiger partial charge in [-0.2, -0.15) is 13.2 Å². The quantitative estimate of drug-likeness (QED) is 0.334. The van der Waals surface area contributed by atoms with Crippen LogP contribution in [0.25, 0.3) is 22.2 Å². The molecule has 0 bridgehead atoms. The van der Waals surface area contributed by atoms with Crippen LogP contribution in [0.3, 0.4) is 0 Å². The largest absolute Gasteiger partial charge is 0.418 e. The first kappa shape index (κ1) is 22.8. The number of hydrogen-bond donors (Lipinski definition) is 1. The SMILES string of the molecule is Cc1cc(C)c2nc(-c3cccc(Cl)c3)c(C)c(C(=O)Nc3ccccc3C(F)(F)F)c2c1. The highest BCUT2D eigenvalue weighted by atomic mass is 35.5. The molecule has 0 unspecified atom stereocenters. The molecular weight excluding hydrogens is 449 g/mol. The van der Waals surface area contributed by atoms with Gasteiger partial charge in [0, 0.05) is 16.0 Å². The molecule has 7 heteroatoms. The number of alkyl halides is 3. The Morgan fingerprint density at radius 1 is 0.970 bits per heavy atom. The standard InChI is InChI=1S/C26H20ClF3N2O/c1-14-11-15(2)23-19(12-14)22(16(3)24(32-23)17-7-6-8-18(27)13-17)25(33)31-21-10-5-4-9-20(21)26(28,29)30/h4-13H,1-3H3,(H,31,33). The van der Waals surface area contributed by atoms with E-state index in [1.54, 1.807) is 25.1 Å². The lowest BCUT2D eigenvalue weighted by atomic mass is 9.94. The van der Waals surface area contributed by atoms with Crippen LogP contribution < -0.4 is 5.32 Å². The zero-order valence-electron chi connectivity index (χ0n) is 18.1. The molecule has 4 aromatic rings. The second-order valence-electron chi connectivity index (χ2n) is 7.95. The maximum atomic E-state index is 13.5. The molecule has 1 heterocycles. The van der Waals surface area contributed by atoms with Crippen LogP contribution in [0, 0.1) is 20.8 Å². The van der Waals surface area contributed by atoms with Gasteiger partial charge in [0.1, 0.15) is 0 Å². The molecule has 0 saturated heterocycles. The second kappa shape index (κ2) is 8.52. The normalized spacial score (nSPS) is 11.6. The maximum Gasteiger partial charge on any atom is 0.418 e. The number of hydrogen-bond acceptors (Lipinski definition) is 2. The summed E-state index contributed by atoms with van der Waals surface area (Å²) in [6.45, 7) is 5.53. The highest BCUT2D eigenvalue weighted by molar-refractivity contribution is 6.30. The first-order valence-electron chi connectivity index (χ1n) is 10.2. The van der Waals surface area contributed by atoms with Gasteiger partial charge in [-0.25, -0.2) is 4.98 Å². The van der Waals surface area contributed by atoms with E-state index in [9.17, 15) is 18.0 Å². The Kier molecular flexibility index (Phi) is 5.89. The number of halogens is 4. The third kappa shape index (κ3) is 4.44. The number of benzene rings is 3. The van der Waals surface area contributed by atoms with Crippen LogP contribution in [0.15, 0.2) is 60.7 Å². The van der Waals surface area contributed by atoms with Gasteiger partial charge in [0.25, 0.3) is 5.91 Å². The Hall–Kier alpha value is -3.38. The minimum Gasteiger partial charge on any atom is -0.321 e. The molecule has 0 saturated carbocycles. The second-order valence-corrected chi connectivity index (χ2v) is 8.38. The van der Waals surface area contributed by atoms with E-state index >= 15 is 0 Å². The van der Waals surface area contributed by atoms with Gasteiger partial charge in [0.15, 0.2) is 0 Å². The molecule has 168 valence electrons. The van der Waals surface area contributed by atoms with Crippen LogP contribution in [0.5, 0.6) is 0 Å². The average molecular weight is 469 g/mol. The van der Waals surface area contributed by atoms with E-state index in [4.69, 9.17) is 16.6 Å². The van der Waals surface area contributed by atoms with E-state index in [1.165, 1.54) is 18.2 Å². The van der Waals surface area contributed by atoms with Crippen LogP contribution in [-0.2, 0) is 6.18 Å². The molecule has 1 N–H and O–H groups in total. The zero-order valence-corrected chi connectivity index (χ0v) is 18.9. The Morgan fingerprint density at radius 2 is 1.70 bits per heavy atom. The summed E-state index contributed by atoms with van der Waals surface area (Å²) in [5.74, 6) is -0.634. The van der Waals surface area contributed by atoms with E-state index < -0.39 is 17.6 Å². The number of carbonyl (C=O) groups is 1. The van der Waals surface area contributed by atoms with Gasteiger partial charge in [-0.15, -0.1) is 0 Å². The van der Waals surface area contributed by atoms with Gasteiger partial charge in [0.2, 0.25) is 0 Å². The number of fused-ring (bicyclic) bond motifs is 1. The zero-order chi connectivity index (χ0) is 23.9. The fourth-order valence-electron chi connectivity index (χ4n) is 4.05. The molecule has 0 aliphatic heterocycles. The van der Waals surface area contributed by atoms with E-state index in [1.807, 2.05) is 32.0 Å². The van der Waals surface area contributed by atoms with Crippen LogP contribution >= 0.6 is 11.6 Å². The van der Waals surface area contributed by atoms with Gasteiger partial charge in [0.05, 0.1) is 28.0 Å². The van der Waals surface area contributed by atoms with Gasteiger partial charge in [-0.1, -0.05) is 47.5 Å². The predicted molar refractivity (Wildman–Crippen MR) is 126 cm³/mol. The Bertz CT molecular complexity index is 1400. The van der Waals surface area contributed by atoms with Crippen molar-refractivity contribution in [2.45, 2.75) is 26.9 Å². The lowest BCUT2D eigenvalue weighted by molar-refractivity contribution is -0.136. The van der Waals surface area contributed by atoms with Crippen molar-refractivity contribution >= 4 is 34.1 Å². The van der Waals surface area contributed by atoms with Crippen molar-refractivity contribution < 1.29 is 18.0 Å². The number of pyridine rings is 1. The van der Waals surface area contributed by atoms with Crippen molar-refractivity contribution in [2.24, 2.45) is 0 Å². The topological polar surface area (TPSA) is 42.0 Å². The van der Waals surface area contributed by atoms with Gasteiger partial charge >= 0.3 is 6.18 Å². The number of nitrogens with zero attached hydrogens (tertiary/aromatic N) is 1. The summed E-state index contributed by atoms with van der Waals surface area (Å²) in [6, 6.07) is 15.8. The Morgan fingerprint density at radius 3 is 2.39 bits per heavy atom. The fourth-order valence-corrected chi connectivity index (χ4v) is 4.24. The molecule has 0 atom stereocenters. The van der Waals surface area contributed by atoms with Crippen LogP contribution in [0.4, 0.5) is 18.9 Å². The monoisotopic (exact) mass is 468 g/mol. The minimum absolute atomic E-state index is 0.277. The van der Waals surface area contributed by atoms with Crippen LogP contribution in [0.1, 0.15) is 32.6 Å². The molecule has 0 fully saturated rings. The minimum atomic E-state index is -4.60. The van der Waals surface area contributed by atoms with Crippen molar-refractivity contribution in [3.63, 3.8) is 0 Å². The summed E-state index contributed by atoms with van der Waals surface area (Å²) in [5.41, 5.74) is 3.27.